The highest BCUT2D eigenvalue weighted by Crippen LogP contribution is 2.29. The van der Waals surface area contributed by atoms with E-state index in [9.17, 15) is 13.2 Å². The molecule has 0 radical (unpaired) electrons. The maximum atomic E-state index is 12.4. The number of nitrogen functional groups attached to an aromatic ring is 1. The van der Waals surface area contributed by atoms with E-state index in [1.807, 2.05) is 0 Å². The third-order valence-corrected chi connectivity index (χ3v) is 2.80. The Morgan fingerprint density at radius 3 is 2.59 bits per heavy atom. The number of hydrogen-bond donors (Lipinski definition) is 2. The van der Waals surface area contributed by atoms with E-state index in [1.54, 1.807) is 0 Å². The van der Waals surface area contributed by atoms with Gasteiger partial charge in [-0.1, -0.05) is 6.42 Å². The van der Waals surface area contributed by atoms with E-state index in [0.29, 0.717) is 12.5 Å². The number of anilines is 2. The minimum absolute atomic E-state index is 0.136. The summed E-state index contributed by atoms with van der Waals surface area (Å²) in [5.41, 5.74) is 5.32. The largest absolute Gasteiger partial charge is 0.451 e. The van der Waals surface area contributed by atoms with Gasteiger partial charge in [-0.15, -0.1) is 0 Å². The highest BCUT2D eigenvalue weighted by Gasteiger charge is 2.35. The summed E-state index contributed by atoms with van der Waals surface area (Å²) in [4.78, 5) is 6.58. The molecule has 17 heavy (non-hydrogen) atoms. The highest BCUT2D eigenvalue weighted by molar-refractivity contribution is 5.44. The summed E-state index contributed by atoms with van der Waals surface area (Å²) < 4.78 is 37.2. The zero-order valence-electron chi connectivity index (χ0n) is 9.09. The second-order valence-electron chi connectivity index (χ2n) is 4.18. The average molecular weight is 246 g/mol. The van der Waals surface area contributed by atoms with E-state index in [1.165, 1.54) is 12.5 Å². The van der Waals surface area contributed by atoms with E-state index in [4.69, 9.17) is 5.73 Å². The second kappa shape index (κ2) is 4.38. The summed E-state index contributed by atoms with van der Waals surface area (Å²) in [6.07, 6.45) is -1.16. The number of alkyl halides is 3. The lowest BCUT2D eigenvalue weighted by atomic mass is 9.85. The van der Waals surface area contributed by atoms with Crippen LogP contribution in [-0.2, 0) is 6.18 Å². The first-order valence-electron chi connectivity index (χ1n) is 5.41. The van der Waals surface area contributed by atoms with Crippen LogP contribution in [0.3, 0.4) is 0 Å². The average Bonchev–Trinajstić information content (AvgIpc) is 2.13. The third kappa shape index (κ3) is 2.98. The molecule has 0 atom stereocenters. The highest BCUT2D eigenvalue weighted by atomic mass is 19.4. The van der Waals surface area contributed by atoms with Crippen LogP contribution < -0.4 is 11.1 Å². The van der Waals surface area contributed by atoms with Gasteiger partial charge in [0.2, 0.25) is 5.82 Å². The predicted molar refractivity (Wildman–Crippen MR) is 57.3 cm³/mol. The van der Waals surface area contributed by atoms with Crippen LogP contribution in [0, 0.1) is 5.92 Å². The molecule has 0 spiro atoms. The molecular formula is C10H13F3N4. The fourth-order valence-corrected chi connectivity index (χ4v) is 1.63. The maximum absolute atomic E-state index is 12.4. The first-order chi connectivity index (χ1) is 7.95. The lowest BCUT2D eigenvalue weighted by molar-refractivity contribution is -0.144. The molecule has 4 nitrogen and oxygen atoms in total. The summed E-state index contributed by atoms with van der Waals surface area (Å²) >= 11 is 0. The third-order valence-electron chi connectivity index (χ3n) is 2.80. The van der Waals surface area contributed by atoms with Gasteiger partial charge in [-0.05, 0) is 18.8 Å². The van der Waals surface area contributed by atoms with Gasteiger partial charge in [-0.25, -0.2) is 9.97 Å². The molecule has 0 unspecified atom stereocenters. The van der Waals surface area contributed by atoms with Gasteiger partial charge in [0.25, 0.3) is 0 Å². The molecule has 0 aromatic carbocycles. The molecule has 1 aromatic rings. The lowest BCUT2D eigenvalue weighted by Crippen LogP contribution is -2.22. The van der Waals surface area contributed by atoms with Crippen LogP contribution in [0.2, 0.25) is 0 Å². The number of nitrogens with two attached hydrogens (primary N) is 1. The van der Waals surface area contributed by atoms with Crippen molar-refractivity contribution in [1.29, 1.82) is 0 Å². The van der Waals surface area contributed by atoms with Crippen molar-refractivity contribution in [2.24, 2.45) is 5.92 Å². The zero-order valence-corrected chi connectivity index (χ0v) is 9.09. The summed E-state index contributed by atoms with van der Waals surface area (Å²) in [5.74, 6) is -0.714. The molecule has 1 aromatic heterocycles. The van der Waals surface area contributed by atoms with Gasteiger partial charge >= 0.3 is 6.18 Å². The molecule has 3 N–H and O–H groups in total. The van der Waals surface area contributed by atoms with Gasteiger partial charge in [0.05, 0.1) is 0 Å². The van der Waals surface area contributed by atoms with E-state index in [2.05, 4.69) is 15.3 Å². The number of halogens is 3. The van der Waals surface area contributed by atoms with Crippen LogP contribution in [-0.4, -0.2) is 16.5 Å². The quantitative estimate of drug-likeness (QED) is 0.858. The number of nitrogens with one attached hydrogen (secondary N) is 1. The Morgan fingerprint density at radius 1 is 1.35 bits per heavy atom. The summed E-state index contributed by atoms with van der Waals surface area (Å²) in [6, 6.07) is 1.31. The first-order valence-corrected chi connectivity index (χ1v) is 5.41. The number of aromatic nitrogens is 2. The Kier molecular flexibility index (Phi) is 3.08. The summed E-state index contributed by atoms with van der Waals surface area (Å²) in [6.45, 7) is 0.633. The van der Waals surface area contributed by atoms with Crippen LogP contribution in [0.4, 0.5) is 24.8 Å². The Bertz CT molecular complexity index is 401. The van der Waals surface area contributed by atoms with Gasteiger partial charge in [0, 0.05) is 12.6 Å². The molecule has 1 heterocycles. The smallest absolute Gasteiger partial charge is 0.384 e. The van der Waals surface area contributed by atoms with Crippen molar-refractivity contribution in [2.45, 2.75) is 25.4 Å². The van der Waals surface area contributed by atoms with Crippen molar-refractivity contribution in [3.05, 3.63) is 11.9 Å². The molecule has 0 aliphatic heterocycles. The van der Waals surface area contributed by atoms with Crippen molar-refractivity contribution in [2.75, 3.05) is 17.6 Å². The van der Waals surface area contributed by atoms with E-state index >= 15 is 0 Å². The molecule has 0 amide bonds. The number of rotatable bonds is 3. The Balaban J connectivity index is 2.08. The molecule has 94 valence electrons. The van der Waals surface area contributed by atoms with Crippen LogP contribution >= 0.6 is 0 Å². The second-order valence-corrected chi connectivity index (χ2v) is 4.18. The van der Waals surface area contributed by atoms with Gasteiger partial charge in [-0.3, -0.25) is 0 Å². The minimum Gasteiger partial charge on any atom is -0.384 e. The summed E-state index contributed by atoms with van der Waals surface area (Å²) in [7, 11) is 0. The molecule has 0 saturated heterocycles. The van der Waals surface area contributed by atoms with Crippen LogP contribution in [0.15, 0.2) is 6.07 Å². The maximum Gasteiger partial charge on any atom is 0.451 e. The number of nitrogens with zero attached hydrogens (tertiary/aromatic N) is 2. The Hall–Kier alpha value is -1.53. The van der Waals surface area contributed by atoms with Gasteiger partial charge < -0.3 is 11.1 Å². The number of hydrogen-bond acceptors (Lipinski definition) is 4. The van der Waals surface area contributed by atoms with E-state index in [-0.39, 0.29) is 11.6 Å². The van der Waals surface area contributed by atoms with E-state index in [0.717, 1.165) is 12.8 Å². The van der Waals surface area contributed by atoms with Gasteiger partial charge in [-0.2, -0.15) is 13.2 Å². The molecular weight excluding hydrogens is 233 g/mol. The van der Waals surface area contributed by atoms with Crippen LogP contribution in [0.1, 0.15) is 25.1 Å². The topological polar surface area (TPSA) is 63.8 Å². The fourth-order valence-electron chi connectivity index (χ4n) is 1.63. The molecule has 7 heteroatoms. The normalized spacial score (nSPS) is 16.6. The van der Waals surface area contributed by atoms with Gasteiger partial charge in [0.15, 0.2) is 0 Å². The van der Waals surface area contributed by atoms with Crippen molar-refractivity contribution in [3.63, 3.8) is 0 Å². The standard InChI is InChI=1S/C10H13F3N4/c11-10(12,13)9-16-7(14)4-8(17-9)15-5-6-2-1-3-6/h4,6H,1-3,5H2,(H3,14,15,16,17). The molecule has 1 fully saturated rings. The van der Waals surface area contributed by atoms with Crippen LogP contribution in [0.25, 0.3) is 0 Å². The Morgan fingerprint density at radius 2 is 2.06 bits per heavy atom. The fraction of sp³-hybridized carbons (Fsp3) is 0.600. The predicted octanol–water partition coefficient (Wildman–Crippen LogP) is 2.29. The van der Waals surface area contributed by atoms with Gasteiger partial charge in [0.1, 0.15) is 11.6 Å². The monoisotopic (exact) mass is 246 g/mol. The molecule has 1 saturated carbocycles. The Labute approximate surface area is 96.4 Å². The first kappa shape index (κ1) is 11.9. The van der Waals surface area contributed by atoms with Crippen molar-refractivity contribution in [1.82, 2.24) is 9.97 Å². The van der Waals surface area contributed by atoms with Crippen molar-refractivity contribution in [3.8, 4) is 0 Å². The molecule has 0 bridgehead atoms. The lowest BCUT2D eigenvalue weighted by Gasteiger charge is -2.25. The van der Waals surface area contributed by atoms with Crippen LogP contribution in [0.5, 0.6) is 0 Å². The minimum atomic E-state index is -4.57. The molecule has 1 aliphatic rings. The van der Waals surface area contributed by atoms with E-state index < -0.39 is 12.0 Å². The molecule has 1 aliphatic carbocycles. The van der Waals surface area contributed by atoms with Crippen molar-refractivity contribution < 1.29 is 13.2 Å². The molecule has 2 rings (SSSR count). The summed E-state index contributed by atoms with van der Waals surface area (Å²) in [5, 5.41) is 2.87. The van der Waals surface area contributed by atoms with Crippen molar-refractivity contribution >= 4 is 11.6 Å². The SMILES string of the molecule is Nc1cc(NCC2CCC2)nc(C(F)(F)F)n1. The zero-order chi connectivity index (χ0) is 12.5.